The molecular formula is C35H39N3O4. The molecule has 0 aromatic heterocycles. The molecule has 0 radical (unpaired) electrons. The molecule has 0 aliphatic carbocycles. The largest absolute Gasteiger partial charge is 0.497 e. The van der Waals surface area contributed by atoms with Gasteiger partial charge in [-0.3, -0.25) is 9.59 Å². The molecule has 2 amide bonds. The van der Waals surface area contributed by atoms with Crippen molar-refractivity contribution in [3.8, 4) is 5.75 Å². The summed E-state index contributed by atoms with van der Waals surface area (Å²) in [5.74, 6) is 0.0609. The van der Waals surface area contributed by atoms with Crippen molar-refractivity contribution in [2.75, 3.05) is 13.7 Å². The van der Waals surface area contributed by atoms with Crippen LogP contribution in [0, 0.1) is 0 Å². The second-order valence-electron chi connectivity index (χ2n) is 10.4. The Balaban J connectivity index is 1.44. The zero-order chi connectivity index (χ0) is 29.9. The molecule has 0 saturated carbocycles. The number of benzene rings is 4. The van der Waals surface area contributed by atoms with Crippen LogP contribution in [-0.4, -0.2) is 42.7 Å². The summed E-state index contributed by atoms with van der Waals surface area (Å²) in [5.41, 5.74) is 3.73. The van der Waals surface area contributed by atoms with E-state index in [-0.39, 0.29) is 23.9 Å². The Morgan fingerprint density at radius 3 is 1.98 bits per heavy atom. The van der Waals surface area contributed by atoms with Crippen LogP contribution in [-0.2, 0) is 6.42 Å². The monoisotopic (exact) mass is 565 g/mol. The molecule has 4 atom stereocenters. The highest BCUT2D eigenvalue weighted by molar-refractivity contribution is 5.99. The molecule has 7 nitrogen and oxygen atoms in total. The summed E-state index contributed by atoms with van der Waals surface area (Å²) in [7, 11) is 1.60. The van der Waals surface area contributed by atoms with Gasteiger partial charge in [0, 0.05) is 23.7 Å². The van der Waals surface area contributed by atoms with Crippen LogP contribution < -0.4 is 20.7 Å². The topological polar surface area (TPSA) is 99.7 Å². The van der Waals surface area contributed by atoms with Crippen LogP contribution in [0.3, 0.4) is 0 Å². The second kappa shape index (κ2) is 15.0. The smallest absolute Gasteiger partial charge is 0.251 e. The fourth-order valence-corrected chi connectivity index (χ4v) is 4.78. The van der Waals surface area contributed by atoms with E-state index in [9.17, 15) is 14.7 Å². The standard InChI is InChI=1S/C35H39N3O4/c1-24(27-14-8-5-9-15-27)36-23-33(39)32(20-26-12-6-4-7-13-26)38-35(41)30-18-10-17-29(21-30)34(40)37-25(2)28-16-11-19-31(22-28)42-3/h4-19,21-22,24-25,32-33,36,39H,20,23H2,1-3H3,(H,37,40)(H,38,41)/t24-,25+,32-,33+/m0/s1. The molecule has 0 fully saturated rings. The quantitative estimate of drug-likeness (QED) is 0.178. The minimum atomic E-state index is -0.851. The number of carbonyl (C=O) groups is 2. The van der Waals surface area contributed by atoms with E-state index < -0.39 is 12.1 Å². The first-order valence-electron chi connectivity index (χ1n) is 14.2. The van der Waals surface area contributed by atoms with Gasteiger partial charge in [-0.15, -0.1) is 0 Å². The molecule has 42 heavy (non-hydrogen) atoms. The van der Waals surface area contributed by atoms with Gasteiger partial charge >= 0.3 is 0 Å². The van der Waals surface area contributed by atoms with Crippen molar-refractivity contribution >= 4 is 11.8 Å². The van der Waals surface area contributed by atoms with Crippen molar-refractivity contribution in [2.45, 2.75) is 44.5 Å². The number of rotatable bonds is 13. The van der Waals surface area contributed by atoms with Crippen molar-refractivity contribution in [1.29, 1.82) is 0 Å². The van der Waals surface area contributed by atoms with Gasteiger partial charge in [0.2, 0.25) is 0 Å². The van der Waals surface area contributed by atoms with Crippen LogP contribution in [0.4, 0.5) is 0 Å². The zero-order valence-electron chi connectivity index (χ0n) is 24.3. The third-order valence-electron chi connectivity index (χ3n) is 7.34. The molecule has 4 aromatic carbocycles. The van der Waals surface area contributed by atoms with Crippen molar-refractivity contribution in [3.05, 3.63) is 137 Å². The van der Waals surface area contributed by atoms with Gasteiger partial charge in [-0.05, 0) is 67.3 Å². The Morgan fingerprint density at radius 2 is 1.31 bits per heavy atom. The fourth-order valence-electron chi connectivity index (χ4n) is 4.78. The number of hydrogen-bond acceptors (Lipinski definition) is 5. The minimum Gasteiger partial charge on any atom is -0.497 e. The Hall–Kier alpha value is -4.46. The van der Waals surface area contributed by atoms with Gasteiger partial charge in [0.05, 0.1) is 25.3 Å². The first kappa shape index (κ1) is 30.5. The maximum absolute atomic E-state index is 13.4. The molecule has 0 saturated heterocycles. The van der Waals surface area contributed by atoms with Crippen LogP contribution >= 0.6 is 0 Å². The molecule has 0 bridgehead atoms. The Labute approximate surface area is 247 Å². The molecule has 0 unspecified atom stereocenters. The average molecular weight is 566 g/mol. The highest BCUT2D eigenvalue weighted by Gasteiger charge is 2.24. The van der Waals surface area contributed by atoms with E-state index in [0.717, 1.165) is 16.7 Å². The highest BCUT2D eigenvalue weighted by atomic mass is 16.5. The van der Waals surface area contributed by atoms with E-state index in [1.807, 2.05) is 98.8 Å². The first-order chi connectivity index (χ1) is 20.3. The lowest BCUT2D eigenvalue weighted by Gasteiger charge is -2.26. The first-order valence-corrected chi connectivity index (χ1v) is 14.2. The molecule has 218 valence electrons. The molecule has 0 aliphatic heterocycles. The van der Waals surface area contributed by atoms with Gasteiger partial charge in [-0.1, -0.05) is 78.9 Å². The van der Waals surface area contributed by atoms with Crippen LogP contribution in [0.15, 0.2) is 109 Å². The molecule has 4 N–H and O–H groups in total. The van der Waals surface area contributed by atoms with Crippen molar-refractivity contribution in [2.24, 2.45) is 0 Å². The molecule has 7 heteroatoms. The maximum Gasteiger partial charge on any atom is 0.251 e. The van der Waals surface area contributed by atoms with Crippen LogP contribution in [0.2, 0.25) is 0 Å². The predicted octanol–water partition coefficient (Wildman–Crippen LogP) is 5.24. The number of nitrogens with one attached hydrogen (secondary N) is 3. The Kier molecular flexibility index (Phi) is 10.9. The van der Waals surface area contributed by atoms with Crippen molar-refractivity contribution < 1.29 is 19.4 Å². The minimum absolute atomic E-state index is 0.0310. The number of methoxy groups -OCH3 is 1. The summed E-state index contributed by atoms with van der Waals surface area (Å²) in [4.78, 5) is 26.5. The van der Waals surface area contributed by atoms with E-state index in [1.165, 1.54) is 0 Å². The van der Waals surface area contributed by atoms with Crippen molar-refractivity contribution in [1.82, 2.24) is 16.0 Å². The lowest BCUT2D eigenvalue weighted by molar-refractivity contribution is 0.0825. The molecule has 0 spiro atoms. The summed E-state index contributed by atoms with van der Waals surface area (Å²) in [6.45, 7) is 4.22. The van der Waals surface area contributed by atoms with Gasteiger partial charge in [-0.25, -0.2) is 0 Å². The SMILES string of the molecule is COc1cccc([C@@H](C)NC(=O)c2cccc(C(=O)N[C@@H](Cc3ccccc3)[C@H](O)CN[C@@H](C)c3ccccc3)c2)c1. The normalized spacial score (nSPS) is 13.8. The van der Waals surface area contributed by atoms with Crippen molar-refractivity contribution in [3.63, 3.8) is 0 Å². The molecule has 4 rings (SSSR count). The Bertz CT molecular complexity index is 1450. The molecule has 0 heterocycles. The fraction of sp³-hybridized carbons (Fsp3) is 0.257. The predicted molar refractivity (Wildman–Crippen MR) is 166 cm³/mol. The van der Waals surface area contributed by atoms with E-state index in [1.54, 1.807) is 31.4 Å². The van der Waals surface area contributed by atoms with Crippen LogP contribution in [0.25, 0.3) is 0 Å². The van der Waals surface area contributed by atoms with E-state index >= 15 is 0 Å². The third kappa shape index (κ3) is 8.52. The summed E-state index contributed by atoms with van der Waals surface area (Å²) >= 11 is 0. The zero-order valence-corrected chi connectivity index (χ0v) is 24.3. The van der Waals surface area contributed by atoms with Gasteiger partial charge < -0.3 is 25.8 Å². The van der Waals surface area contributed by atoms with Gasteiger partial charge in [0.1, 0.15) is 5.75 Å². The summed E-state index contributed by atoms with van der Waals surface area (Å²) < 4.78 is 5.29. The summed E-state index contributed by atoms with van der Waals surface area (Å²) in [6.07, 6.45) is -0.400. The highest BCUT2D eigenvalue weighted by Crippen LogP contribution is 2.20. The van der Waals surface area contributed by atoms with Gasteiger partial charge in [-0.2, -0.15) is 0 Å². The lowest BCUT2D eigenvalue weighted by Crippen LogP contribution is -2.49. The number of carbonyl (C=O) groups excluding carboxylic acids is 2. The van der Waals surface area contributed by atoms with Gasteiger partial charge in [0.25, 0.3) is 11.8 Å². The number of aliphatic hydroxyl groups excluding tert-OH is 1. The molecule has 4 aromatic rings. The van der Waals surface area contributed by atoms with Crippen LogP contribution in [0.1, 0.15) is 63.3 Å². The van der Waals surface area contributed by atoms with E-state index in [0.29, 0.717) is 29.8 Å². The lowest BCUT2D eigenvalue weighted by atomic mass is 9.99. The summed E-state index contributed by atoms with van der Waals surface area (Å²) in [6, 6.07) is 33.1. The Morgan fingerprint density at radius 1 is 0.714 bits per heavy atom. The molecule has 0 aliphatic rings. The van der Waals surface area contributed by atoms with E-state index in [2.05, 4.69) is 16.0 Å². The number of aliphatic hydroxyl groups is 1. The second-order valence-corrected chi connectivity index (χ2v) is 10.4. The van der Waals surface area contributed by atoms with E-state index in [4.69, 9.17) is 4.74 Å². The third-order valence-corrected chi connectivity index (χ3v) is 7.34. The maximum atomic E-state index is 13.4. The molecular weight excluding hydrogens is 526 g/mol. The van der Waals surface area contributed by atoms with Crippen LogP contribution in [0.5, 0.6) is 5.75 Å². The average Bonchev–Trinajstić information content (AvgIpc) is 3.04. The number of amides is 2. The van der Waals surface area contributed by atoms with Gasteiger partial charge in [0.15, 0.2) is 0 Å². The number of hydrogen-bond donors (Lipinski definition) is 4. The number of ether oxygens (including phenoxy) is 1. The summed E-state index contributed by atoms with van der Waals surface area (Å²) in [5, 5.41) is 20.6.